The molecular formula is C54H79NO10. The van der Waals surface area contributed by atoms with E-state index in [0.717, 1.165) is 89.0 Å². The van der Waals surface area contributed by atoms with Gasteiger partial charge in [-0.1, -0.05) is 96.5 Å². The number of rotatable bonds is 26. The molecule has 0 radical (unpaired) electrons. The topological polar surface area (TPSA) is 105 Å². The Hall–Kier alpha value is -3.77. The van der Waals surface area contributed by atoms with Crippen LogP contribution in [0.15, 0.2) is 41.2 Å². The zero-order valence-electron chi connectivity index (χ0n) is 39.8. The van der Waals surface area contributed by atoms with Gasteiger partial charge in [-0.15, -0.1) is 0 Å². The van der Waals surface area contributed by atoms with Crippen molar-refractivity contribution < 1.29 is 42.6 Å². The van der Waals surface area contributed by atoms with E-state index in [4.69, 9.17) is 42.6 Å². The molecular weight excluding hydrogens is 823 g/mol. The van der Waals surface area contributed by atoms with Gasteiger partial charge in [-0.25, -0.2) is 0 Å². The fourth-order valence-electron chi connectivity index (χ4n) is 9.47. The molecule has 0 spiro atoms. The maximum absolute atomic E-state index is 15.3. The van der Waals surface area contributed by atoms with Crippen LogP contribution in [0.25, 0.3) is 28.4 Å². The van der Waals surface area contributed by atoms with Crippen molar-refractivity contribution >= 4 is 17.1 Å². The van der Waals surface area contributed by atoms with Crippen LogP contribution in [0.3, 0.4) is 0 Å². The predicted octanol–water partition coefficient (Wildman–Crippen LogP) is 13.6. The molecule has 4 saturated heterocycles. The van der Waals surface area contributed by atoms with Gasteiger partial charge >= 0.3 is 0 Å². The summed E-state index contributed by atoms with van der Waals surface area (Å²) < 4.78 is 58.6. The van der Waals surface area contributed by atoms with Gasteiger partial charge in [0.05, 0.1) is 50.1 Å². The minimum atomic E-state index is -0.578. The van der Waals surface area contributed by atoms with Crippen molar-refractivity contribution in [1.29, 1.82) is 0 Å². The molecule has 0 saturated carbocycles. The van der Waals surface area contributed by atoms with Crippen LogP contribution < -0.4 is 29.1 Å². The minimum absolute atomic E-state index is 0.190. The predicted molar refractivity (Wildman–Crippen MR) is 257 cm³/mol. The molecule has 4 fully saturated rings. The Labute approximate surface area is 388 Å². The average Bonchev–Trinajstić information content (AvgIpc) is 3.34. The van der Waals surface area contributed by atoms with Crippen molar-refractivity contribution in [3.63, 3.8) is 0 Å². The molecule has 5 heterocycles. The van der Waals surface area contributed by atoms with Crippen LogP contribution in [-0.4, -0.2) is 63.3 Å². The summed E-state index contributed by atoms with van der Waals surface area (Å²) in [4.78, 5) is 15.3. The zero-order chi connectivity index (χ0) is 44.9. The van der Waals surface area contributed by atoms with Crippen LogP contribution >= 0.6 is 0 Å². The first-order valence-corrected chi connectivity index (χ1v) is 25.9. The van der Waals surface area contributed by atoms with Crippen molar-refractivity contribution in [2.75, 3.05) is 33.5 Å². The van der Waals surface area contributed by atoms with Gasteiger partial charge in [-0.3, -0.25) is 4.79 Å². The number of methoxy groups -OCH3 is 1. The van der Waals surface area contributed by atoms with Gasteiger partial charge in [0, 0.05) is 49.6 Å². The Morgan fingerprint density at radius 2 is 1.08 bits per heavy atom. The summed E-state index contributed by atoms with van der Waals surface area (Å²) in [5, 5.41) is 0.396. The average molecular weight is 902 g/mol. The van der Waals surface area contributed by atoms with E-state index >= 15 is 4.79 Å². The highest BCUT2D eigenvalue weighted by molar-refractivity contribution is 5.93. The molecule has 0 aliphatic carbocycles. The maximum atomic E-state index is 15.3. The highest BCUT2D eigenvalue weighted by Gasteiger charge is 2.29. The molecule has 360 valence electrons. The third-order valence-corrected chi connectivity index (χ3v) is 13.2. The van der Waals surface area contributed by atoms with E-state index in [0.29, 0.717) is 72.4 Å². The van der Waals surface area contributed by atoms with E-state index in [2.05, 4.69) is 23.8 Å². The van der Waals surface area contributed by atoms with Crippen LogP contribution in [0.2, 0.25) is 0 Å². The number of benzene rings is 2. The van der Waals surface area contributed by atoms with E-state index in [9.17, 15) is 0 Å². The summed E-state index contributed by atoms with van der Waals surface area (Å²) in [7, 11) is 1.64. The lowest BCUT2D eigenvalue weighted by atomic mass is 10.0. The number of ether oxygens (including phenoxy) is 9. The lowest BCUT2D eigenvalue weighted by molar-refractivity contribution is -0.108. The molecule has 7 rings (SSSR count). The number of aromatic nitrogens is 1. The fourth-order valence-corrected chi connectivity index (χ4v) is 9.47. The molecule has 2 aromatic carbocycles. The molecule has 0 amide bonds. The zero-order valence-corrected chi connectivity index (χ0v) is 39.8. The number of nitrogens with zero attached hydrogens (tertiary/aromatic N) is 1. The summed E-state index contributed by atoms with van der Waals surface area (Å²) in [5.41, 5.74) is 1.65. The molecule has 4 aliphatic heterocycles. The molecule has 65 heavy (non-hydrogen) atoms. The van der Waals surface area contributed by atoms with Crippen molar-refractivity contribution in [2.45, 2.75) is 205 Å². The van der Waals surface area contributed by atoms with E-state index in [1.54, 1.807) is 7.11 Å². The third-order valence-electron chi connectivity index (χ3n) is 13.2. The first-order valence-electron chi connectivity index (χ1n) is 25.9. The van der Waals surface area contributed by atoms with Crippen molar-refractivity contribution in [1.82, 2.24) is 4.57 Å². The van der Waals surface area contributed by atoms with Crippen LogP contribution in [0.1, 0.15) is 180 Å². The second kappa shape index (κ2) is 27.1. The summed E-state index contributed by atoms with van der Waals surface area (Å²) in [6.45, 7) is 4.77. The third kappa shape index (κ3) is 14.9. The fraction of sp³-hybridized carbons (Fsp3) is 0.685. The molecule has 11 heteroatoms. The van der Waals surface area contributed by atoms with Gasteiger partial charge in [0.2, 0.25) is 5.43 Å². The molecule has 4 unspecified atom stereocenters. The lowest BCUT2D eigenvalue weighted by Gasteiger charge is -2.28. The van der Waals surface area contributed by atoms with Crippen molar-refractivity contribution in [3.8, 4) is 40.0 Å². The van der Waals surface area contributed by atoms with E-state index < -0.39 is 18.9 Å². The number of unbranched alkanes of at least 4 members (excludes halogenated alkanes) is 14. The largest absolute Gasteiger partial charge is 0.493 e. The van der Waals surface area contributed by atoms with Crippen LogP contribution in [0.5, 0.6) is 28.7 Å². The van der Waals surface area contributed by atoms with Gasteiger partial charge in [0.15, 0.2) is 42.4 Å². The lowest BCUT2D eigenvalue weighted by Crippen LogP contribution is -2.29. The molecule has 3 aromatic rings. The monoisotopic (exact) mass is 902 g/mol. The summed E-state index contributed by atoms with van der Waals surface area (Å²) >= 11 is 0. The van der Waals surface area contributed by atoms with Gasteiger partial charge in [-0.2, -0.15) is 0 Å². The molecule has 0 N–H and O–H groups in total. The van der Waals surface area contributed by atoms with Crippen molar-refractivity contribution in [2.24, 2.45) is 0 Å². The Morgan fingerprint density at radius 1 is 0.569 bits per heavy atom. The number of pyridine rings is 1. The van der Waals surface area contributed by atoms with E-state index in [1.165, 1.54) is 83.5 Å². The Balaban J connectivity index is 1.21. The number of allylic oxidation sites excluding steroid dienone is 1. The van der Waals surface area contributed by atoms with Crippen LogP contribution in [0, 0.1) is 0 Å². The molecule has 0 bridgehead atoms. The first kappa shape index (κ1) is 49.1. The first-order chi connectivity index (χ1) is 32.1. The van der Waals surface area contributed by atoms with Crippen molar-refractivity contribution in [3.05, 3.63) is 46.6 Å². The second-order valence-electron chi connectivity index (χ2n) is 18.5. The standard InChI is InChI=1S/C54H79NO10/c1-3-4-5-6-7-8-9-10-11-12-13-14-15-16-17-22-33-55-43-39-42(62-47-27-18-23-34-58-47)40-46(64-49-29-20-25-36-60-49)51(43)53(56)54(65-50-30-21-26-37-61-50)52(55)41-31-32-44(45(38-41)57-2)63-48-28-19-24-35-59-48/h22,31-33,38-40,47-50H,3-21,23-30,34-37H2,1-2H3. The van der Waals surface area contributed by atoms with Crippen LogP contribution in [-0.2, 0) is 18.9 Å². The molecule has 4 aliphatic rings. The minimum Gasteiger partial charge on any atom is -0.493 e. The van der Waals surface area contributed by atoms with E-state index in [1.807, 2.05) is 30.3 Å². The highest BCUT2D eigenvalue weighted by atomic mass is 16.7. The van der Waals surface area contributed by atoms with Gasteiger partial charge in [0.1, 0.15) is 11.5 Å². The Morgan fingerprint density at radius 3 is 1.60 bits per heavy atom. The van der Waals surface area contributed by atoms with Gasteiger partial charge in [-0.05, 0) is 82.4 Å². The summed E-state index contributed by atoms with van der Waals surface area (Å²) in [6, 6.07) is 9.57. The maximum Gasteiger partial charge on any atom is 0.235 e. The SMILES string of the molecule is CCCCCCCCCCCCCCCCC=Cn1c(-c2ccc(OC3CCCCO3)c(OC)c2)c(OC2CCCCO2)c(=O)c2c(OC3CCCCO3)cc(OC3CCCCO3)cc21. The smallest absolute Gasteiger partial charge is 0.235 e. The normalized spacial score (nSPS) is 21.7. The number of fused-ring (bicyclic) bond motifs is 1. The van der Waals surface area contributed by atoms with Crippen LogP contribution in [0.4, 0.5) is 0 Å². The quantitative estimate of drug-likeness (QED) is 0.0723. The summed E-state index contributed by atoms with van der Waals surface area (Å²) in [5.74, 6) is 2.26. The second-order valence-corrected chi connectivity index (χ2v) is 18.5. The molecule has 4 atom stereocenters. The highest BCUT2D eigenvalue weighted by Crippen LogP contribution is 2.42. The summed E-state index contributed by atoms with van der Waals surface area (Å²) in [6.07, 6.45) is 32.8. The van der Waals surface area contributed by atoms with Gasteiger partial charge < -0.3 is 47.2 Å². The number of hydrogen-bond acceptors (Lipinski definition) is 10. The molecule has 11 nitrogen and oxygen atoms in total. The van der Waals surface area contributed by atoms with E-state index in [-0.39, 0.29) is 17.5 Å². The molecule has 1 aromatic heterocycles. The van der Waals surface area contributed by atoms with Gasteiger partial charge in [0.25, 0.3) is 0 Å². The Kier molecular flexibility index (Phi) is 20.5. The Bertz CT molecular complexity index is 1940. The number of hydrogen-bond donors (Lipinski definition) is 0.